The number of aliphatic carboxylic acids is 2. The molecule has 0 saturated carbocycles. The van der Waals surface area contributed by atoms with Crippen molar-refractivity contribution in [3.05, 3.63) is 58.1 Å². The van der Waals surface area contributed by atoms with E-state index in [1.807, 2.05) is 0 Å². The SMILES string of the molecule is O=C(O)C(F)(F)F.O=C(O)[C@H](Cc1ccc(OCCN2CCCCC2)cc1)NC(=O)[C@@H]1C[C@H](O)CN1S(=O)(=O)c1cc(Cl)cc(Cl)c1. The molecule has 0 bridgehead atoms. The second-order valence-corrected chi connectivity index (χ2v) is 13.6. The molecule has 2 aromatic carbocycles. The monoisotopic (exact) mass is 727 g/mol. The van der Waals surface area contributed by atoms with Gasteiger partial charge in [-0.3, -0.25) is 9.69 Å². The Bertz CT molecular complexity index is 1490. The molecule has 0 radical (unpaired) electrons. The van der Waals surface area contributed by atoms with E-state index < -0.39 is 52.2 Å². The highest BCUT2D eigenvalue weighted by Crippen LogP contribution is 2.30. The highest BCUT2D eigenvalue weighted by atomic mass is 35.5. The average molecular weight is 729 g/mol. The van der Waals surface area contributed by atoms with Gasteiger partial charge in [-0.25, -0.2) is 18.0 Å². The molecule has 1 amide bonds. The normalized spacial score (nSPS) is 19.7. The summed E-state index contributed by atoms with van der Waals surface area (Å²) in [5.41, 5.74) is 0.653. The van der Waals surface area contributed by atoms with Crippen LogP contribution in [0.2, 0.25) is 10.0 Å². The maximum atomic E-state index is 13.3. The highest BCUT2D eigenvalue weighted by molar-refractivity contribution is 7.89. The Balaban J connectivity index is 0.000000771. The number of β-amino-alcohol motifs (C(OH)–C–C–N with tert-alkyl or cyclic N) is 1. The van der Waals surface area contributed by atoms with Crippen LogP contribution in [-0.2, 0) is 30.8 Å². The molecular weight excluding hydrogens is 694 g/mol. The van der Waals surface area contributed by atoms with Crippen LogP contribution in [0.25, 0.3) is 0 Å². The van der Waals surface area contributed by atoms with Gasteiger partial charge in [0.05, 0.1) is 11.0 Å². The predicted molar refractivity (Wildman–Crippen MR) is 164 cm³/mol. The smallest absolute Gasteiger partial charge is 0.490 e. The van der Waals surface area contributed by atoms with Gasteiger partial charge in [0, 0.05) is 36.0 Å². The lowest BCUT2D eigenvalue weighted by Gasteiger charge is -2.26. The van der Waals surface area contributed by atoms with Gasteiger partial charge in [0.2, 0.25) is 15.9 Å². The molecule has 0 unspecified atom stereocenters. The molecule has 2 aliphatic heterocycles. The first kappa shape index (κ1) is 38.3. The minimum atomic E-state index is -5.08. The van der Waals surface area contributed by atoms with E-state index in [1.54, 1.807) is 24.3 Å². The number of carbonyl (C=O) groups excluding carboxylic acids is 1. The Kier molecular flexibility index (Phi) is 13.7. The quantitative estimate of drug-likeness (QED) is 0.269. The molecule has 3 atom stereocenters. The second-order valence-electron chi connectivity index (χ2n) is 10.9. The average Bonchev–Trinajstić information content (AvgIpc) is 3.40. The lowest BCUT2D eigenvalue weighted by atomic mass is 10.0. The van der Waals surface area contributed by atoms with Gasteiger partial charge in [0.1, 0.15) is 24.4 Å². The standard InChI is InChI=1S/C27H33Cl2N3O7S.C2HF3O2/c28-19-13-20(29)15-23(14-19)40(37,38)32-17-21(33)16-25(32)26(34)30-24(27(35)36)12-18-4-6-22(7-5-18)39-11-10-31-8-2-1-3-9-31;3-2(4,5)1(6)7/h4-7,13-15,21,24-25,33H,1-3,8-12,16-17H2,(H,30,34)(H,35,36);(H,6,7)/t21-,24-,25-;/m0./s1. The Morgan fingerprint density at radius 3 is 2.11 bits per heavy atom. The van der Waals surface area contributed by atoms with Crippen molar-refractivity contribution in [2.75, 3.05) is 32.8 Å². The van der Waals surface area contributed by atoms with Crippen molar-refractivity contribution < 1.29 is 56.0 Å². The molecule has 4 rings (SSSR count). The van der Waals surface area contributed by atoms with E-state index >= 15 is 0 Å². The number of hydrogen-bond acceptors (Lipinski definition) is 8. The number of carboxylic acid groups (broad SMARTS) is 2. The zero-order valence-corrected chi connectivity index (χ0v) is 27.2. The molecule has 2 heterocycles. The van der Waals surface area contributed by atoms with Crippen LogP contribution in [-0.4, -0.2) is 108 Å². The molecule has 2 aromatic rings. The van der Waals surface area contributed by atoms with Gasteiger partial charge in [-0.2, -0.15) is 17.5 Å². The number of hydrogen-bond donors (Lipinski definition) is 4. The van der Waals surface area contributed by atoms with Gasteiger partial charge < -0.3 is 25.4 Å². The first-order chi connectivity index (χ1) is 22.0. The van der Waals surface area contributed by atoms with Crippen LogP contribution in [0.4, 0.5) is 13.2 Å². The van der Waals surface area contributed by atoms with Crippen LogP contribution in [0.15, 0.2) is 47.4 Å². The number of aliphatic hydroxyl groups is 1. The molecule has 2 aliphatic rings. The highest BCUT2D eigenvalue weighted by Gasteiger charge is 2.44. The molecule has 2 fully saturated rings. The van der Waals surface area contributed by atoms with E-state index in [2.05, 4.69) is 10.2 Å². The van der Waals surface area contributed by atoms with Crippen LogP contribution in [0.5, 0.6) is 5.75 Å². The Morgan fingerprint density at radius 2 is 1.57 bits per heavy atom. The van der Waals surface area contributed by atoms with Gasteiger partial charge in [-0.1, -0.05) is 41.8 Å². The van der Waals surface area contributed by atoms with Crippen molar-refractivity contribution in [1.29, 1.82) is 0 Å². The van der Waals surface area contributed by atoms with Gasteiger partial charge in [0.25, 0.3) is 0 Å². The first-order valence-corrected chi connectivity index (χ1v) is 16.6. The number of amides is 1. The summed E-state index contributed by atoms with van der Waals surface area (Å²) < 4.78 is 65.0. The number of benzene rings is 2. The van der Waals surface area contributed by atoms with Crippen molar-refractivity contribution >= 4 is 51.1 Å². The fourth-order valence-electron chi connectivity index (χ4n) is 5.00. The Labute approximate surface area is 279 Å². The fourth-order valence-corrected chi connectivity index (χ4v) is 7.37. The molecule has 2 saturated heterocycles. The molecule has 260 valence electrons. The molecule has 12 nitrogen and oxygen atoms in total. The topological polar surface area (TPSA) is 174 Å². The second kappa shape index (κ2) is 16.8. The van der Waals surface area contributed by atoms with E-state index in [-0.39, 0.29) is 34.3 Å². The lowest BCUT2D eigenvalue weighted by Crippen LogP contribution is -2.51. The molecule has 4 N–H and O–H groups in total. The van der Waals surface area contributed by atoms with Crippen molar-refractivity contribution in [3.63, 3.8) is 0 Å². The van der Waals surface area contributed by atoms with Crippen molar-refractivity contribution in [2.45, 2.75) is 61.4 Å². The minimum Gasteiger partial charge on any atom is -0.492 e. The minimum absolute atomic E-state index is 0.0267. The number of alkyl halides is 3. The summed E-state index contributed by atoms with van der Waals surface area (Å²) in [6.45, 7) is 3.25. The van der Waals surface area contributed by atoms with E-state index in [9.17, 15) is 41.4 Å². The maximum absolute atomic E-state index is 13.3. The van der Waals surface area contributed by atoms with E-state index in [0.717, 1.165) is 23.9 Å². The number of carboxylic acids is 2. The van der Waals surface area contributed by atoms with Gasteiger partial charge in [0.15, 0.2) is 0 Å². The van der Waals surface area contributed by atoms with Gasteiger partial charge in [-0.05, 0) is 61.8 Å². The zero-order chi connectivity index (χ0) is 34.9. The molecule has 0 aromatic heterocycles. The van der Waals surface area contributed by atoms with E-state index in [1.165, 1.54) is 37.5 Å². The number of nitrogens with zero attached hydrogens (tertiary/aromatic N) is 2. The summed E-state index contributed by atoms with van der Waals surface area (Å²) in [5, 5.41) is 29.7. The third-order valence-electron chi connectivity index (χ3n) is 7.32. The lowest BCUT2D eigenvalue weighted by molar-refractivity contribution is -0.192. The van der Waals surface area contributed by atoms with Crippen LogP contribution in [0.3, 0.4) is 0 Å². The summed E-state index contributed by atoms with van der Waals surface area (Å²) in [7, 11) is -4.27. The number of ether oxygens (including phenoxy) is 1. The summed E-state index contributed by atoms with van der Waals surface area (Å²) in [5.74, 6) is -4.19. The number of nitrogens with one attached hydrogen (secondary N) is 1. The van der Waals surface area contributed by atoms with Crippen LogP contribution < -0.4 is 10.1 Å². The van der Waals surface area contributed by atoms with Gasteiger partial charge in [-0.15, -0.1) is 0 Å². The number of piperidine rings is 1. The van der Waals surface area contributed by atoms with E-state index in [0.29, 0.717) is 17.9 Å². The largest absolute Gasteiger partial charge is 0.492 e. The van der Waals surface area contributed by atoms with Crippen molar-refractivity contribution in [2.24, 2.45) is 0 Å². The van der Waals surface area contributed by atoms with Crippen LogP contribution in [0, 0.1) is 0 Å². The summed E-state index contributed by atoms with van der Waals surface area (Å²) in [6, 6.07) is 8.11. The summed E-state index contributed by atoms with van der Waals surface area (Å²) in [4.78, 5) is 36.2. The number of rotatable bonds is 11. The van der Waals surface area contributed by atoms with Crippen molar-refractivity contribution in [1.82, 2.24) is 14.5 Å². The zero-order valence-electron chi connectivity index (χ0n) is 24.8. The van der Waals surface area contributed by atoms with Crippen LogP contribution in [0.1, 0.15) is 31.2 Å². The molecule has 47 heavy (non-hydrogen) atoms. The van der Waals surface area contributed by atoms with Crippen LogP contribution >= 0.6 is 23.2 Å². The summed E-state index contributed by atoms with van der Waals surface area (Å²) in [6.07, 6.45) is -2.71. The molecule has 18 heteroatoms. The molecule has 0 aliphatic carbocycles. The van der Waals surface area contributed by atoms with E-state index in [4.69, 9.17) is 37.8 Å². The Hall–Kier alpha value is -3.15. The number of likely N-dealkylation sites (tertiary alicyclic amines) is 1. The molecule has 0 spiro atoms. The fraction of sp³-hybridized carbons (Fsp3) is 0.483. The predicted octanol–water partition coefficient (Wildman–Crippen LogP) is 3.43. The maximum Gasteiger partial charge on any atom is 0.490 e. The van der Waals surface area contributed by atoms with Gasteiger partial charge >= 0.3 is 18.1 Å². The summed E-state index contributed by atoms with van der Waals surface area (Å²) >= 11 is 11.9. The Morgan fingerprint density at radius 1 is 1.00 bits per heavy atom. The number of aliphatic hydroxyl groups excluding tert-OH is 1. The first-order valence-electron chi connectivity index (χ1n) is 14.4. The molecular formula is C29H34Cl2F3N3O9S. The number of sulfonamides is 1. The third kappa shape index (κ3) is 11.5. The number of carbonyl (C=O) groups is 3. The number of halogens is 5. The third-order valence-corrected chi connectivity index (χ3v) is 9.61. The van der Waals surface area contributed by atoms with Crippen molar-refractivity contribution in [3.8, 4) is 5.75 Å².